The fourth-order valence-corrected chi connectivity index (χ4v) is 5.11. The van der Waals surface area contributed by atoms with Crippen molar-refractivity contribution in [3.8, 4) is 6.07 Å². The lowest BCUT2D eigenvalue weighted by atomic mass is 9.95. The Balaban J connectivity index is 1.55. The first-order valence-corrected chi connectivity index (χ1v) is 11.4. The minimum absolute atomic E-state index is 0.111. The van der Waals surface area contributed by atoms with E-state index in [4.69, 9.17) is 4.74 Å². The molecule has 1 aliphatic carbocycles. The molecule has 0 saturated carbocycles. The van der Waals surface area contributed by atoms with E-state index in [1.54, 1.807) is 6.20 Å². The van der Waals surface area contributed by atoms with Gasteiger partial charge in [0.25, 0.3) is 0 Å². The lowest BCUT2D eigenvalue weighted by molar-refractivity contribution is -0.113. The molecule has 2 aliphatic rings. The van der Waals surface area contributed by atoms with Gasteiger partial charge in [-0.3, -0.25) is 4.79 Å². The van der Waals surface area contributed by atoms with Crippen molar-refractivity contribution in [3.05, 3.63) is 29.2 Å². The number of carbonyl (C=O) groups is 1. The van der Waals surface area contributed by atoms with Gasteiger partial charge in [-0.05, 0) is 51.0 Å². The van der Waals surface area contributed by atoms with Gasteiger partial charge in [-0.2, -0.15) is 5.26 Å². The fraction of sp³-hybridized carbons (Fsp3) is 0.571. The van der Waals surface area contributed by atoms with Crippen molar-refractivity contribution in [3.63, 3.8) is 0 Å². The monoisotopic (exact) mass is 413 g/mol. The lowest BCUT2D eigenvalue weighted by Crippen LogP contribution is -2.23. The number of nitrogens with one attached hydrogen (secondary N) is 1. The number of ether oxygens (including phenoxy) is 1. The Kier molecular flexibility index (Phi) is 6.26. The van der Waals surface area contributed by atoms with Gasteiger partial charge in [0, 0.05) is 31.2 Å². The molecule has 7 nitrogen and oxygen atoms in total. The Morgan fingerprint density at radius 2 is 2.28 bits per heavy atom. The summed E-state index contributed by atoms with van der Waals surface area (Å²) in [6.07, 6.45) is 9.98. The molecule has 1 fully saturated rings. The third-order valence-electron chi connectivity index (χ3n) is 5.70. The predicted octanol–water partition coefficient (Wildman–Crippen LogP) is 3.36. The van der Waals surface area contributed by atoms with E-state index < -0.39 is 0 Å². The molecule has 1 aliphatic heterocycles. The number of carbonyl (C=O) groups excluding carboxylic acids is 1. The summed E-state index contributed by atoms with van der Waals surface area (Å²) < 4.78 is 10.0. The highest BCUT2D eigenvalue weighted by Gasteiger charge is 2.28. The van der Waals surface area contributed by atoms with Crippen LogP contribution in [0.2, 0.25) is 0 Å². The van der Waals surface area contributed by atoms with Gasteiger partial charge in [-0.1, -0.05) is 11.8 Å². The zero-order valence-electron chi connectivity index (χ0n) is 16.8. The average molecular weight is 414 g/mol. The number of rotatable bonds is 7. The number of hydrogen-bond donors (Lipinski definition) is 1. The molecule has 0 radical (unpaired) electrons. The highest BCUT2D eigenvalue weighted by atomic mass is 32.2. The van der Waals surface area contributed by atoms with Crippen LogP contribution in [0.25, 0.3) is 0 Å². The van der Waals surface area contributed by atoms with Gasteiger partial charge < -0.3 is 19.2 Å². The molecule has 3 heterocycles. The number of thioether (sulfide) groups is 1. The molecule has 2 aromatic heterocycles. The van der Waals surface area contributed by atoms with Gasteiger partial charge >= 0.3 is 0 Å². The highest BCUT2D eigenvalue weighted by molar-refractivity contribution is 7.99. The molecule has 1 saturated heterocycles. The zero-order valence-corrected chi connectivity index (χ0v) is 17.6. The molecule has 0 bridgehead atoms. The number of amides is 1. The Morgan fingerprint density at radius 3 is 3.03 bits per heavy atom. The summed E-state index contributed by atoms with van der Waals surface area (Å²) in [7, 11) is 0. The quantitative estimate of drug-likeness (QED) is 0.704. The van der Waals surface area contributed by atoms with E-state index in [1.165, 1.54) is 17.5 Å². The van der Waals surface area contributed by atoms with Gasteiger partial charge in [0.1, 0.15) is 11.9 Å². The molecule has 1 N–H and O–H groups in total. The number of imidazole rings is 1. The second kappa shape index (κ2) is 9.06. The van der Waals surface area contributed by atoms with E-state index in [0.29, 0.717) is 17.9 Å². The third-order valence-corrected chi connectivity index (χ3v) is 6.71. The third kappa shape index (κ3) is 4.21. The van der Waals surface area contributed by atoms with E-state index in [-0.39, 0.29) is 17.8 Å². The van der Waals surface area contributed by atoms with Crippen molar-refractivity contribution in [2.75, 3.05) is 17.7 Å². The molecule has 0 spiro atoms. The maximum Gasteiger partial charge on any atom is 0.235 e. The number of aryl methyl sites for hydroxylation is 1. The van der Waals surface area contributed by atoms with Crippen molar-refractivity contribution in [1.82, 2.24) is 14.1 Å². The van der Waals surface area contributed by atoms with Crippen LogP contribution in [0.15, 0.2) is 17.6 Å². The summed E-state index contributed by atoms with van der Waals surface area (Å²) in [5, 5.41) is 13.7. The second-order valence-electron chi connectivity index (χ2n) is 7.55. The first kappa shape index (κ1) is 20.0. The number of nitrogens with zero attached hydrogens (tertiary/aromatic N) is 4. The van der Waals surface area contributed by atoms with Crippen molar-refractivity contribution in [1.29, 1.82) is 5.26 Å². The number of fused-ring (bicyclic) bond motifs is 1. The van der Waals surface area contributed by atoms with Crippen LogP contribution in [0.1, 0.15) is 49.4 Å². The van der Waals surface area contributed by atoms with Crippen molar-refractivity contribution in [2.45, 2.75) is 69.8 Å². The first-order chi connectivity index (χ1) is 14.2. The van der Waals surface area contributed by atoms with Gasteiger partial charge in [0.15, 0.2) is 5.16 Å². The van der Waals surface area contributed by atoms with Crippen LogP contribution in [0.4, 0.5) is 5.82 Å². The van der Waals surface area contributed by atoms with Crippen molar-refractivity contribution < 1.29 is 9.53 Å². The van der Waals surface area contributed by atoms with Crippen LogP contribution in [-0.4, -0.2) is 38.5 Å². The van der Waals surface area contributed by atoms with E-state index in [2.05, 4.69) is 20.9 Å². The van der Waals surface area contributed by atoms with E-state index in [1.807, 2.05) is 17.7 Å². The molecule has 154 valence electrons. The first-order valence-electron chi connectivity index (χ1n) is 10.4. The van der Waals surface area contributed by atoms with E-state index >= 15 is 0 Å². The largest absolute Gasteiger partial charge is 0.376 e. The number of aromatic nitrogens is 3. The standard InChI is InChI=1S/C21H27N5O2S/c1-2-25-10-9-23-21(25)29-14-19(27)24-20-17(12-22)16-7-3-4-8-18(16)26(20)13-15-6-5-11-28-15/h9-10,15H,2-8,11,13-14H2,1H3,(H,24,27). The van der Waals surface area contributed by atoms with Crippen LogP contribution < -0.4 is 5.32 Å². The minimum atomic E-state index is -0.111. The molecular weight excluding hydrogens is 386 g/mol. The van der Waals surface area contributed by atoms with E-state index in [0.717, 1.165) is 62.4 Å². The Bertz CT molecular complexity index is 920. The Hall–Kier alpha value is -2.24. The smallest absolute Gasteiger partial charge is 0.235 e. The molecule has 1 amide bonds. The van der Waals surface area contributed by atoms with Gasteiger partial charge in [-0.25, -0.2) is 4.98 Å². The summed E-state index contributed by atoms with van der Waals surface area (Å²) in [4.78, 5) is 17.1. The van der Waals surface area contributed by atoms with Gasteiger partial charge in [0.2, 0.25) is 5.91 Å². The summed E-state index contributed by atoms with van der Waals surface area (Å²) >= 11 is 1.42. The highest BCUT2D eigenvalue weighted by Crippen LogP contribution is 2.34. The molecule has 1 atom stereocenters. The van der Waals surface area contributed by atoms with Gasteiger partial charge in [-0.15, -0.1) is 0 Å². The summed E-state index contributed by atoms with van der Waals surface area (Å²) in [6.45, 7) is 4.36. The molecule has 8 heteroatoms. The van der Waals surface area contributed by atoms with Crippen LogP contribution in [0, 0.1) is 11.3 Å². The SMILES string of the molecule is CCn1ccnc1SCC(=O)Nc1c(C#N)c2c(n1CC1CCCO1)CCCC2. The van der Waals surface area contributed by atoms with Crippen molar-refractivity contribution in [2.24, 2.45) is 0 Å². The second-order valence-corrected chi connectivity index (χ2v) is 8.49. The number of hydrogen-bond acceptors (Lipinski definition) is 5. The zero-order chi connectivity index (χ0) is 20.2. The van der Waals surface area contributed by atoms with Crippen molar-refractivity contribution >= 4 is 23.5 Å². The molecule has 0 aromatic carbocycles. The maximum absolute atomic E-state index is 12.8. The number of anilines is 1. The Labute approximate surface area is 175 Å². The predicted molar refractivity (Wildman–Crippen MR) is 112 cm³/mol. The lowest BCUT2D eigenvalue weighted by Gasteiger charge is -2.19. The van der Waals surface area contributed by atoms with E-state index in [9.17, 15) is 10.1 Å². The molecule has 2 aromatic rings. The molecule has 4 rings (SSSR count). The minimum Gasteiger partial charge on any atom is -0.376 e. The van der Waals surface area contributed by atoms with Crippen LogP contribution >= 0.6 is 11.8 Å². The van der Waals surface area contributed by atoms with Crippen LogP contribution in [0.3, 0.4) is 0 Å². The van der Waals surface area contributed by atoms with Gasteiger partial charge in [0.05, 0.1) is 24.0 Å². The average Bonchev–Trinajstić information content (AvgIpc) is 3.47. The number of nitriles is 1. The summed E-state index contributed by atoms with van der Waals surface area (Å²) in [5.41, 5.74) is 2.94. The maximum atomic E-state index is 12.8. The fourth-order valence-electron chi connectivity index (χ4n) is 4.29. The normalized spacial score (nSPS) is 18.4. The van der Waals surface area contributed by atoms with Crippen LogP contribution in [-0.2, 0) is 35.5 Å². The Morgan fingerprint density at radius 1 is 1.41 bits per heavy atom. The van der Waals surface area contributed by atoms with Crippen LogP contribution in [0.5, 0.6) is 0 Å². The topological polar surface area (TPSA) is 84.9 Å². The summed E-state index contributed by atoms with van der Waals surface area (Å²) in [6, 6.07) is 2.36. The molecule has 29 heavy (non-hydrogen) atoms. The summed E-state index contributed by atoms with van der Waals surface area (Å²) in [5.74, 6) is 0.803. The molecular formula is C21H27N5O2S. The molecule has 1 unspecified atom stereocenters.